The third-order valence-corrected chi connectivity index (χ3v) is 2.13. The number of aromatic nitrogens is 1. The molecule has 3 nitrogen and oxygen atoms in total. The van der Waals surface area contributed by atoms with Crippen molar-refractivity contribution in [2.75, 3.05) is 0 Å². The molecule has 0 fully saturated rings. The van der Waals surface area contributed by atoms with Crippen LogP contribution in [0.4, 0.5) is 0 Å². The van der Waals surface area contributed by atoms with E-state index in [1.54, 1.807) is 18.5 Å². The molecule has 0 bridgehead atoms. The molecule has 2 N–H and O–H groups in total. The van der Waals surface area contributed by atoms with Crippen molar-refractivity contribution < 1.29 is 4.79 Å². The summed E-state index contributed by atoms with van der Waals surface area (Å²) in [5, 5.41) is 2.11. The maximum absolute atomic E-state index is 10.6. The quantitative estimate of drug-likeness (QED) is 0.747. The van der Waals surface area contributed by atoms with E-state index in [0.717, 1.165) is 16.3 Å². The Kier molecular flexibility index (Phi) is 2.46. The second-order valence-electron chi connectivity index (χ2n) is 3.19. The summed E-state index contributed by atoms with van der Waals surface area (Å²) in [5.41, 5.74) is 5.93. The molecule has 0 radical (unpaired) electrons. The molecule has 0 spiro atoms. The highest BCUT2D eigenvalue weighted by Gasteiger charge is 1.97. The van der Waals surface area contributed by atoms with E-state index in [1.807, 2.05) is 24.3 Å². The van der Waals surface area contributed by atoms with Gasteiger partial charge in [-0.3, -0.25) is 9.78 Å². The van der Waals surface area contributed by atoms with Crippen molar-refractivity contribution in [3.63, 3.8) is 0 Å². The zero-order chi connectivity index (χ0) is 10.7. The predicted molar refractivity (Wildman–Crippen MR) is 60.0 cm³/mol. The van der Waals surface area contributed by atoms with Crippen LogP contribution in [-0.4, -0.2) is 10.9 Å². The van der Waals surface area contributed by atoms with E-state index in [2.05, 4.69) is 4.98 Å². The maximum atomic E-state index is 10.6. The van der Waals surface area contributed by atoms with Crippen molar-refractivity contribution in [2.45, 2.75) is 0 Å². The molecule has 3 heteroatoms. The number of hydrogen-bond acceptors (Lipinski definition) is 2. The first kappa shape index (κ1) is 9.40. The summed E-state index contributed by atoms with van der Waals surface area (Å²) in [6.45, 7) is 0. The van der Waals surface area contributed by atoms with Gasteiger partial charge in [-0.2, -0.15) is 0 Å². The van der Waals surface area contributed by atoms with E-state index in [9.17, 15) is 4.79 Å². The van der Waals surface area contributed by atoms with Crippen molar-refractivity contribution in [3.8, 4) is 0 Å². The molecule has 2 rings (SSSR count). The van der Waals surface area contributed by atoms with Gasteiger partial charge in [0.25, 0.3) is 0 Å². The second kappa shape index (κ2) is 3.92. The van der Waals surface area contributed by atoms with E-state index in [4.69, 9.17) is 5.73 Å². The summed E-state index contributed by atoms with van der Waals surface area (Å²) in [7, 11) is 0. The third-order valence-electron chi connectivity index (χ3n) is 2.13. The molecule has 0 unspecified atom stereocenters. The predicted octanol–water partition coefficient (Wildman–Crippen LogP) is 1.73. The Morgan fingerprint density at radius 2 is 2.07 bits per heavy atom. The van der Waals surface area contributed by atoms with Crippen molar-refractivity contribution in [3.05, 3.63) is 48.3 Å². The molecule has 1 amide bonds. The molecule has 1 heterocycles. The lowest BCUT2D eigenvalue weighted by molar-refractivity contribution is -0.113. The number of carbonyl (C=O) groups is 1. The van der Waals surface area contributed by atoms with Crippen LogP contribution in [-0.2, 0) is 4.79 Å². The van der Waals surface area contributed by atoms with Gasteiger partial charge in [-0.15, -0.1) is 0 Å². The van der Waals surface area contributed by atoms with E-state index in [0.29, 0.717) is 0 Å². The molecule has 0 atom stereocenters. The van der Waals surface area contributed by atoms with Crippen LogP contribution in [0.15, 0.2) is 42.7 Å². The lowest BCUT2D eigenvalue weighted by atomic mass is 10.1. The first-order chi connectivity index (χ1) is 7.27. The first-order valence-corrected chi connectivity index (χ1v) is 4.57. The Morgan fingerprint density at radius 3 is 2.87 bits per heavy atom. The molecule has 0 saturated heterocycles. The SMILES string of the molecule is NC(=O)C=Cc1cncc2ccccc12. The molecule has 0 aliphatic carbocycles. The number of amides is 1. The lowest BCUT2D eigenvalue weighted by Crippen LogP contribution is -2.05. The van der Waals surface area contributed by atoms with E-state index >= 15 is 0 Å². The van der Waals surface area contributed by atoms with Crippen LogP contribution in [0.3, 0.4) is 0 Å². The molecule has 0 aliphatic heterocycles. The fourth-order valence-corrected chi connectivity index (χ4v) is 1.44. The smallest absolute Gasteiger partial charge is 0.241 e. The number of nitrogens with two attached hydrogens (primary N) is 1. The number of fused-ring (bicyclic) bond motifs is 1. The minimum absolute atomic E-state index is 0.456. The molecule has 2 aromatic rings. The Morgan fingerprint density at radius 1 is 1.27 bits per heavy atom. The largest absolute Gasteiger partial charge is 0.366 e. The van der Waals surface area contributed by atoms with Crippen LogP contribution in [0, 0.1) is 0 Å². The molecule has 1 aromatic heterocycles. The van der Waals surface area contributed by atoms with Crippen LogP contribution in [0.1, 0.15) is 5.56 Å². The van der Waals surface area contributed by atoms with Crippen LogP contribution in [0.25, 0.3) is 16.8 Å². The molecule has 74 valence electrons. The number of benzene rings is 1. The van der Waals surface area contributed by atoms with E-state index in [-0.39, 0.29) is 0 Å². The van der Waals surface area contributed by atoms with Gasteiger partial charge >= 0.3 is 0 Å². The van der Waals surface area contributed by atoms with Crippen molar-refractivity contribution >= 4 is 22.8 Å². The average molecular weight is 198 g/mol. The Labute approximate surface area is 87.2 Å². The summed E-state index contributed by atoms with van der Waals surface area (Å²) < 4.78 is 0. The van der Waals surface area contributed by atoms with Gasteiger partial charge in [-0.05, 0) is 11.5 Å². The number of rotatable bonds is 2. The molecule has 0 aliphatic rings. The van der Waals surface area contributed by atoms with Crippen LogP contribution in [0.2, 0.25) is 0 Å². The zero-order valence-corrected chi connectivity index (χ0v) is 8.05. The number of nitrogens with zero attached hydrogens (tertiary/aromatic N) is 1. The maximum Gasteiger partial charge on any atom is 0.241 e. The normalized spacial score (nSPS) is 10.9. The standard InChI is InChI=1S/C12H10N2O/c13-12(15)6-5-10-8-14-7-9-3-1-2-4-11(9)10/h1-8H,(H2,13,15). The monoisotopic (exact) mass is 198 g/mol. The van der Waals surface area contributed by atoms with Crippen molar-refractivity contribution in [1.82, 2.24) is 4.98 Å². The number of carbonyl (C=O) groups excluding carboxylic acids is 1. The third kappa shape index (κ3) is 2.02. The molecular formula is C12H10N2O. The fraction of sp³-hybridized carbons (Fsp3) is 0. The highest BCUT2D eigenvalue weighted by atomic mass is 16.1. The topological polar surface area (TPSA) is 56.0 Å². The summed E-state index contributed by atoms with van der Waals surface area (Å²) >= 11 is 0. The molecule has 1 aromatic carbocycles. The fourth-order valence-electron chi connectivity index (χ4n) is 1.44. The number of pyridine rings is 1. The van der Waals surface area contributed by atoms with Gasteiger partial charge in [0, 0.05) is 29.4 Å². The van der Waals surface area contributed by atoms with Crippen LogP contribution >= 0.6 is 0 Å². The number of hydrogen-bond donors (Lipinski definition) is 1. The van der Waals surface area contributed by atoms with Gasteiger partial charge in [0.1, 0.15) is 0 Å². The Hall–Kier alpha value is -2.16. The zero-order valence-electron chi connectivity index (χ0n) is 8.05. The minimum atomic E-state index is -0.456. The van der Waals surface area contributed by atoms with Gasteiger partial charge in [0.2, 0.25) is 5.91 Å². The van der Waals surface area contributed by atoms with Gasteiger partial charge < -0.3 is 5.73 Å². The van der Waals surface area contributed by atoms with Crippen molar-refractivity contribution in [2.24, 2.45) is 5.73 Å². The molecular weight excluding hydrogens is 188 g/mol. The summed E-state index contributed by atoms with van der Waals surface area (Å²) in [5.74, 6) is -0.456. The van der Waals surface area contributed by atoms with Crippen LogP contribution < -0.4 is 5.73 Å². The molecule has 15 heavy (non-hydrogen) atoms. The van der Waals surface area contributed by atoms with Gasteiger partial charge in [0.05, 0.1) is 0 Å². The Bertz CT molecular complexity index is 527. The average Bonchev–Trinajstić information content (AvgIpc) is 2.26. The summed E-state index contributed by atoms with van der Waals surface area (Å²) in [6, 6.07) is 7.86. The Balaban J connectivity index is 2.56. The minimum Gasteiger partial charge on any atom is -0.366 e. The van der Waals surface area contributed by atoms with Gasteiger partial charge in [-0.25, -0.2) is 0 Å². The summed E-state index contributed by atoms with van der Waals surface area (Å²) in [6.07, 6.45) is 6.51. The van der Waals surface area contributed by atoms with Gasteiger partial charge in [-0.1, -0.05) is 24.3 Å². The van der Waals surface area contributed by atoms with Crippen LogP contribution in [0.5, 0.6) is 0 Å². The highest BCUT2D eigenvalue weighted by Crippen LogP contribution is 2.17. The summed E-state index contributed by atoms with van der Waals surface area (Å²) in [4.78, 5) is 14.7. The van der Waals surface area contributed by atoms with E-state index in [1.165, 1.54) is 6.08 Å². The first-order valence-electron chi connectivity index (χ1n) is 4.57. The van der Waals surface area contributed by atoms with Gasteiger partial charge in [0.15, 0.2) is 0 Å². The van der Waals surface area contributed by atoms with Crippen molar-refractivity contribution in [1.29, 1.82) is 0 Å². The van der Waals surface area contributed by atoms with E-state index < -0.39 is 5.91 Å². The molecule has 0 saturated carbocycles. The lowest BCUT2D eigenvalue weighted by Gasteiger charge is -1.99. The highest BCUT2D eigenvalue weighted by molar-refractivity contribution is 5.95. The second-order valence-corrected chi connectivity index (χ2v) is 3.19. The number of primary amides is 1.